The Labute approximate surface area is 165 Å². The molecule has 6 rings (SSSR count). The first kappa shape index (κ1) is 15.5. The van der Waals surface area contributed by atoms with E-state index in [1.807, 2.05) is 53.8 Å². The number of benzene rings is 4. The van der Waals surface area contributed by atoms with Crippen molar-refractivity contribution in [2.24, 2.45) is 0 Å². The van der Waals surface area contributed by atoms with E-state index in [-0.39, 0.29) is 0 Å². The Kier molecular flexibility index (Phi) is 3.34. The Hall–Kier alpha value is -3.50. The van der Waals surface area contributed by atoms with Crippen LogP contribution in [-0.2, 0) is 0 Å². The molecule has 0 saturated carbocycles. The van der Waals surface area contributed by atoms with Gasteiger partial charge in [0.05, 0.1) is 0 Å². The number of para-hydroxylation sites is 2. The predicted molar refractivity (Wildman–Crippen MR) is 116 cm³/mol. The van der Waals surface area contributed by atoms with E-state index in [1.54, 1.807) is 0 Å². The number of nitrogens with one attached hydrogen (secondary N) is 1. The molecule has 0 atom stereocenters. The molecule has 0 fully saturated rings. The van der Waals surface area contributed by atoms with Gasteiger partial charge >= 0.3 is 0 Å². The van der Waals surface area contributed by atoms with Gasteiger partial charge in [-0.2, -0.15) is 0 Å². The van der Waals surface area contributed by atoms with E-state index in [0.29, 0.717) is 5.75 Å². The molecular formula is C24H15NO2S. The average Bonchev–Trinajstić information content (AvgIpc) is 3.10. The molecule has 0 amide bonds. The maximum absolute atomic E-state index is 6.01. The SMILES string of the molecule is c1ccc2c(c1)Oc1ccc(Nc3ccc4sc5ccccc5c4c3)cc1O2. The zero-order chi connectivity index (χ0) is 18.5. The van der Waals surface area contributed by atoms with Crippen molar-refractivity contribution in [2.45, 2.75) is 0 Å². The first-order valence-corrected chi connectivity index (χ1v) is 9.92. The summed E-state index contributed by atoms with van der Waals surface area (Å²) in [6.07, 6.45) is 0. The number of ether oxygens (including phenoxy) is 2. The Morgan fingerprint density at radius 3 is 2.07 bits per heavy atom. The molecule has 0 radical (unpaired) electrons. The number of thiophene rings is 1. The fraction of sp³-hybridized carbons (Fsp3) is 0. The van der Waals surface area contributed by atoms with E-state index in [0.717, 1.165) is 28.6 Å². The number of fused-ring (bicyclic) bond motifs is 5. The van der Waals surface area contributed by atoms with Crippen molar-refractivity contribution < 1.29 is 9.47 Å². The molecule has 1 N–H and O–H groups in total. The summed E-state index contributed by atoms with van der Waals surface area (Å²) in [5.74, 6) is 2.91. The molecule has 5 aromatic rings. The Morgan fingerprint density at radius 1 is 0.536 bits per heavy atom. The molecule has 0 spiro atoms. The minimum absolute atomic E-state index is 0.714. The lowest BCUT2D eigenvalue weighted by molar-refractivity contribution is 0.360. The van der Waals surface area contributed by atoms with Gasteiger partial charge in [-0.15, -0.1) is 11.3 Å². The lowest BCUT2D eigenvalue weighted by Gasteiger charge is -2.21. The quantitative estimate of drug-likeness (QED) is 0.333. The third-order valence-electron chi connectivity index (χ3n) is 4.90. The molecule has 4 heteroatoms. The van der Waals surface area contributed by atoms with Crippen LogP contribution in [0.15, 0.2) is 84.9 Å². The largest absolute Gasteiger partial charge is 0.450 e. The van der Waals surface area contributed by atoms with E-state index in [2.05, 4.69) is 47.8 Å². The molecule has 134 valence electrons. The Bertz CT molecular complexity index is 1360. The number of rotatable bonds is 2. The molecule has 1 aromatic heterocycles. The van der Waals surface area contributed by atoms with E-state index >= 15 is 0 Å². The Morgan fingerprint density at radius 2 is 1.18 bits per heavy atom. The molecule has 28 heavy (non-hydrogen) atoms. The van der Waals surface area contributed by atoms with Crippen molar-refractivity contribution in [2.75, 3.05) is 5.32 Å². The van der Waals surface area contributed by atoms with E-state index in [1.165, 1.54) is 20.2 Å². The van der Waals surface area contributed by atoms with Crippen molar-refractivity contribution >= 4 is 42.9 Å². The molecule has 4 aromatic carbocycles. The number of hydrogen-bond donors (Lipinski definition) is 1. The minimum Gasteiger partial charge on any atom is -0.450 e. The highest BCUT2D eigenvalue weighted by Gasteiger charge is 2.18. The zero-order valence-corrected chi connectivity index (χ0v) is 15.6. The third-order valence-corrected chi connectivity index (χ3v) is 6.05. The van der Waals surface area contributed by atoms with Crippen molar-refractivity contribution in [3.63, 3.8) is 0 Å². The molecule has 1 aliphatic rings. The van der Waals surface area contributed by atoms with Crippen LogP contribution in [-0.4, -0.2) is 0 Å². The molecule has 0 unspecified atom stereocenters. The van der Waals surface area contributed by atoms with Crippen LogP contribution in [0.5, 0.6) is 23.0 Å². The van der Waals surface area contributed by atoms with Gasteiger partial charge in [0.1, 0.15) is 0 Å². The van der Waals surface area contributed by atoms with Crippen LogP contribution in [0.4, 0.5) is 11.4 Å². The second kappa shape index (κ2) is 6.01. The minimum atomic E-state index is 0.714. The summed E-state index contributed by atoms with van der Waals surface area (Å²) in [6, 6.07) is 28.6. The summed E-state index contributed by atoms with van der Waals surface area (Å²) in [4.78, 5) is 0. The van der Waals surface area contributed by atoms with Gasteiger partial charge < -0.3 is 14.8 Å². The zero-order valence-electron chi connectivity index (χ0n) is 14.8. The second-order valence-electron chi connectivity index (χ2n) is 6.75. The van der Waals surface area contributed by atoms with E-state index in [4.69, 9.17) is 9.47 Å². The molecule has 0 aliphatic carbocycles. The molecule has 1 aliphatic heterocycles. The molecule has 0 saturated heterocycles. The highest BCUT2D eigenvalue weighted by Crippen LogP contribution is 2.46. The standard InChI is InChI=1S/C24H15NO2S/c1-4-8-23-17(5-1)18-13-15(10-12-24(18)28-23)25-16-9-11-21-22(14-16)27-20-7-3-2-6-19(20)26-21/h1-14,25H. The average molecular weight is 381 g/mol. The van der Waals surface area contributed by atoms with Crippen LogP contribution in [0.1, 0.15) is 0 Å². The third kappa shape index (κ3) is 2.50. The maximum atomic E-state index is 6.01. The predicted octanol–water partition coefficient (Wildman–Crippen LogP) is 7.70. The smallest absolute Gasteiger partial charge is 0.172 e. The molecule has 0 bridgehead atoms. The summed E-state index contributed by atoms with van der Waals surface area (Å²) in [6.45, 7) is 0. The number of hydrogen-bond acceptors (Lipinski definition) is 4. The first-order chi connectivity index (χ1) is 13.8. The van der Waals surface area contributed by atoms with Crippen molar-refractivity contribution in [1.82, 2.24) is 0 Å². The highest BCUT2D eigenvalue weighted by molar-refractivity contribution is 7.25. The van der Waals surface area contributed by atoms with Gasteiger partial charge in [0.25, 0.3) is 0 Å². The summed E-state index contributed by atoms with van der Waals surface area (Å²) in [7, 11) is 0. The van der Waals surface area contributed by atoms with Crippen LogP contribution < -0.4 is 14.8 Å². The molecule has 2 heterocycles. The van der Waals surface area contributed by atoms with Crippen LogP contribution in [0.3, 0.4) is 0 Å². The highest BCUT2D eigenvalue weighted by atomic mass is 32.1. The molecular weight excluding hydrogens is 366 g/mol. The lowest BCUT2D eigenvalue weighted by atomic mass is 10.1. The fourth-order valence-corrected chi connectivity index (χ4v) is 4.66. The van der Waals surface area contributed by atoms with Gasteiger partial charge in [-0.05, 0) is 48.5 Å². The van der Waals surface area contributed by atoms with Crippen LogP contribution >= 0.6 is 11.3 Å². The maximum Gasteiger partial charge on any atom is 0.172 e. The van der Waals surface area contributed by atoms with Crippen molar-refractivity contribution in [1.29, 1.82) is 0 Å². The topological polar surface area (TPSA) is 30.5 Å². The molecule has 3 nitrogen and oxygen atoms in total. The summed E-state index contributed by atoms with van der Waals surface area (Å²) in [5.41, 5.74) is 2.01. The second-order valence-corrected chi connectivity index (χ2v) is 7.83. The van der Waals surface area contributed by atoms with Gasteiger partial charge in [-0.3, -0.25) is 0 Å². The first-order valence-electron chi connectivity index (χ1n) is 9.11. The van der Waals surface area contributed by atoms with Gasteiger partial charge in [-0.25, -0.2) is 0 Å². The van der Waals surface area contributed by atoms with Gasteiger partial charge in [0, 0.05) is 37.6 Å². The van der Waals surface area contributed by atoms with Crippen molar-refractivity contribution in [3.05, 3.63) is 84.9 Å². The number of anilines is 2. The van der Waals surface area contributed by atoms with Crippen LogP contribution in [0.2, 0.25) is 0 Å². The van der Waals surface area contributed by atoms with E-state index < -0.39 is 0 Å². The van der Waals surface area contributed by atoms with Crippen molar-refractivity contribution in [3.8, 4) is 23.0 Å². The van der Waals surface area contributed by atoms with E-state index in [9.17, 15) is 0 Å². The van der Waals surface area contributed by atoms with Gasteiger partial charge in [0.2, 0.25) is 0 Å². The van der Waals surface area contributed by atoms with Crippen LogP contribution in [0, 0.1) is 0 Å². The van der Waals surface area contributed by atoms with Crippen LogP contribution in [0.25, 0.3) is 20.2 Å². The normalized spacial score (nSPS) is 12.1. The fourth-order valence-electron chi connectivity index (χ4n) is 3.58. The Balaban J connectivity index is 1.35. The summed E-state index contributed by atoms with van der Waals surface area (Å²) in [5, 5.41) is 6.07. The lowest BCUT2D eigenvalue weighted by Crippen LogP contribution is -1.99. The van der Waals surface area contributed by atoms with Gasteiger partial charge in [-0.1, -0.05) is 30.3 Å². The summed E-state index contributed by atoms with van der Waals surface area (Å²) >= 11 is 1.82. The monoisotopic (exact) mass is 381 g/mol. The summed E-state index contributed by atoms with van der Waals surface area (Å²) < 4.78 is 14.5. The van der Waals surface area contributed by atoms with Gasteiger partial charge in [0.15, 0.2) is 23.0 Å².